The number of alkyl halides is 1. The number of carbonyl (C=O) groups is 1. The fourth-order valence-electron chi connectivity index (χ4n) is 2.63. The number of aryl methyl sites for hydroxylation is 1. The van der Waals surface area contributed by atoms with E-state index in [0.29, 0.717) is 35.5 Å². The zero-order valence-electron chi connectivity index (χ0n) is 12.2. The van der Waals surface area contributed by atoms with Crippen LogP contribution in [-0.4, -0.2) is 29.2 Å². The predicted molar refractivity (Wildman–Crippen MR) is 81.8 cm³/mol. The van der Waals surface area contributed by atoms with E-state index in [0.717, 1.165) is 5.56 Å². The highest BCUT2D eigenvalue weighted by molar-refractivity contribution is 6.21. The summed E-state index contributed by atoms with van der Waals surface area (Å²) in [5.74, 6) is -0.0918. The van der Waals surface area contributed by atoms with Crippen LogP contribution in [0.5, 0.6) is 5.75 Å². The molecule has 0 unspecified atom stereocenters. The molecule has 0 bridgehead atoms. The van der Waals surface area contributed by atoms with Crippen molar-refractivity contribution in [2.24, 2.45) is 0 Å². The molecule has 0 aromatic carbocycles. The van der Waals surface area contributed by atoms with E-state index in [1.54, 1.807) is 6.92 Å². The third-order valence-corrected chi connectivity index (χ3v) is 3.95. The molecule has 1 aliphatic heterocycles. The Labute approximate surface area is 131 Å². The largest absolute Gasteiger partial charge is 0.489 e. The van der Waals surface area contributed by atoms with Gasteiger partial charge in [0, 0.05) is 11.8 Å². The molecule has 0 saturated carbocycles. The summed E-state index contributed by atoms with van der Waals surface area (Å²) in [5, 5.41) is 0.0236. The van der Waals surface area contributed by atoms with Crippen LogP contribution in [0.4, 0.5) is 0 Å². The number of aromatic amines is 1. The lowest BCUT2D eigenvalue weighted by molar-refractivity contribution is 0.0524. The van der Waals surface area contributed by atoms with Crippen molar-refractivity contribution in [3.63, 3.8) is 0 Å². The van der Waals surface area contributed by atoms with Gasteiger partial charge in [-0.3, -0.25) is 4.79 Å². The third kappa shape index (κ3) is 2.14. The number of nitrogens with one attached hydrogen (secondary N) is 1. The molecule has 0 saturated heterocycles. The first kappa shape index (κ1) is 14.8. The zero-order valence-corrected chi connectivity index (χ0v) is 13.0. The van der Waals surface area contributed by atoms with Crippen molar-refractivity contribution in [1.82, 2.24) is 9.97 Å². The summed E-state index contributed by atoms with van der Waals surface area (Å²) in [5.41, 5.74) is 1.32. The van der Waals surface area contributed by atoms with Crippen LogP contribution < -0.4 is 10.2 Å². The summed E-state index contributed by atoms with van der Waals surface area (Å²) in [7, 11) is 0. The fraction of sp³-hybridized carbons (Fsp3) is 0.400. The molecule has 1 atom stereocenters. The first-order valence-corrected chi connectivity index (χ1v) is 7.54. The number of rotatable bonds is 3. The molecule has 6 nitrogen and oxygen atoms in total. The predicted octanol–water partition coefficient (Wildman–Crippen LogP) is 2.33. The molecule has 1 N–H and O–H groups in total. The highest BCUT2D eigenvalue weighted by Crippen LogP contribution is 2.39. The van der Waals surface area contributed by atoms with Gasteiger partial charge in [-0.25, -0.2) is 9.78 Å². The van der Waals surface area contributed by atoms with Gasteiger partial charge in [-0.2, -0.15) is 0 Å². The van der Waals surface area contributed by atoms with Crippen molar-refractivity contribution in [3.05, 3.63) is 33.2 Å². The highest BCUT2D eigenvalue weighted by Gasteiger charge is 2.29. The maximum atomic E-state index is 12.7. The topological polar surface area (TPSA) is 81.3 Å². The van der Waals surface area contributed by atoms with E-state index < -0.39 is 11.4 Å². The minimum atomic E-state index is -0.649. The van der Waals surface area contributed by atoms with Gasteiger partial charge in [0.25, 0.3) is 0 Å². The summed E-state index contributed by atoms with van der Waals surface area (Å²) < 4.78 is 10.5. The maximum absolute atomic E-state index is 12.7. The van der Waals surface area contributed by atoms with Crippen molar-refractivity contribution in [2.45, 2.75) is 25.6 Å². The SMILES string of the molecule is CCOC(=O)c1c[nH]c2nc3c(c(CC)c2c1=O)OC[C@H]3Cl. The first-order valence-electron chi connectivity index (χ1n) is 7.10. The van der Waals surface area contributed by atoms with Gasteiger partial charge in [-0.1, -0.05) is 6.92 Å². The molecule has 1 aliphatic rings. The summed E-state index contributed by atoms with van der Waals surface area (Å²) in [6, 6.07) is 0. The van der Waals surface area contributed by atoms with Crippen LogP contribution in [0.1, 0.15) is 40.8 Å². The van der Waals surface area contributed by atoms with Crippen molar-refractivity contribution in [2.75, 3.05) is 13.2 Å². The van der Waals surface area contributed by atoms with E-state index in [2.05, 4.69) is 9.97 Å². The molecule has 0 fully saturated rings. The summed E-state index contributed by atoms with van der Waals surface area (Å²) >= 11 is 6.18. The number of hydrogen-bond acceptors (Lipinski definition) is 5. The number of esters is 1. The van der Waals surface area contributed by atoms with Gasteiger partial charge in [0.15, 0.2) is 0 Å². The fourth-order valence-corrected chi connectivity index (χ4v) is 2.85. The molecule has 3 heterocycles. The molecule has 116 valence electrons. The summed E-state index contributed by atoms with van der Waals surface area (Å²) in [4.78, 5) is 31.8. The molecule has 0 aliphatic carbocycles. The molecule has 0 radical (unpaired) electrons. The molecule has 7 heteroatoms. The van der Waals surface area contributed by atoms with Crippen molar-refractivity contribution in [1.29, 1.82) is 0 Å². The monoisotopic (exact) mass is 322 g/mol. The molecule has 2 aromatic heterocycles. The number of ether oxygens (including phenoxy) is 2. The Bertz CT molecular complexity index is 815. The number of halogens is 1. The molecule has 3 rings (SSSR count). The van der Waals surface area contributed by atoms with Gasteiger partial charge < -0.3 is 14.5 Å². The molecule has 2 aromatic rings. The van der Waals surface area contributed by atoms with Crippen LogP contribution in [0.15, 0.2) is 11.0 Å². The average Bonchev–Trinajstić information content (AvgIpc) is 2.87. The smallest absolute Gasteiger partial charge is 0.343 e. The van der Waals surface area contributed by atoms with Crippen LogP contribution in [-0.2, 0) is 11.2 Å². The second kappa shape index (κ2) is 5.61. The van der Waals surface area contributed by atoms with Gasteiger partial charge in [-0.15, -0.1) is 11.6 Å². The number of H-pyrrole nitrogens is 1. The van der Waals surface area contributed by atoms with E-state index in [1.807, 2.05) is 6.92 Å². The number of hydrogen-bond donors (Lipinski definition) is 1. The maximum Gasteiger partial charge on any atom is 0.343 e. The van der Waals surface area contributed by atoms with Crippen LogP contribution in [0.2, 0.25) is 0 Å². The van der Waals surface area contributed by atoms with Crippen molar-refractivity contribution >= 4 is 28.6 Å². The summed E-state index contributed by atoms with van der Waals surface area (Å²) in [6.45, 7) is 4.13. The Morgan fingerprint density at radius 1 is 1.55 bits per heavy atom. The number of aromatic nitrogens is 2. The van der Waals surface area contributed by atoms with Gasteiger partial charge >= 0.3 is 5.97 Å². The molecule has 22 heavy (non-hydrogen) atoms. The Hall–Kier alpha value is -2.08. The second-order valence-corrected chi connectivity index (χ2v) is 5.44. The quantitative estimate of drug-likeness (QED) is 0.693. The lowest BCUT2D eigenvalue weighted by Crippen LogP contribution is -2.19. The Balaban J connectivity index is 2.31. The lowest BCUT2D eigenvalue weighted by Gasteiger charge is -2.10. The molecule has 0 spiro atoms. The van der Waals surface area contributed by atoms with Crippen LogP contribution in [0.25, 0.3) is 11.0 Å². The van der Waals surface area contributed by atoms with Gasteiger partial charge in [0.1, 0.15) is 34.6 Å². The van der Waals surface area contributed by atoms with E-state index in [4.69, 9.17) is 21.1 Å². The Kier molecular flexibility index (Phi) is 3.78. The first-order chi connectivity index (χ1) is 10.6. The second-order valence-electron chi connectivity index (χ2n) is 4.91. The van der Waals surface area contributed by atoms with Gasteiger partial charge in [0.05, 0.1) is 12.0 Å². The van der Waals surface area contributed by atoms with Crippen LogP contribution in [0, 0.1) is 0 Å². The van der Waals surface area contributed by atoms with Gasteiger partial charge in [0.2, 0.25) is 5.43 Å². The van der Waals surface area contributed by atoms with E-state index in [-0.39, 0.29) is 17.5 Å². The number of nitrogens with zero attached hydrogens (tertiary/aromatic N) is 1. The number of carbonyl (C=O) groups excluding carboxylic acids is 1. The standard InChI is InChI=1S/C15H15ClN2O4/c1-3-7-10-12(19)8(15(20)21-4-2)5-17-14(10)18-11-9(16)6-22-13(7)11/h5,9H,3-4,6H2,1-2H3,(H,17,18,19)/t9-/m1/s1. The normalized spacial score (nSPS) is 16.4. The van der Waals surface area contributed by atoms with Crippen molar-refractivity contribution in [3.8, 4) is 5.75 Å². The molecular formula is C15H15ClN2O4. The van der Waals surface area contributed by atoms with E-state index in [9.17, 15) is 9.59 Å². The van der Waals surface area contributed by atoms with E-state index >= 15 is 0 Å². The zero-order chi connectivity index (χ0) is 15.9. The van der Waals surface area contributed by atoms with E-state index in [1.165, 1.54) is 6.20 Å². The lowest BCUT2D eigenvalue weighted by atomic mass is 10.0. The van der Waals surface area contributed by atoms with Gasteiger partial charge in [-0.05, 0) is 13.3 Å². The van der Waals surface area contributed by atoms with Crippen molar-refractivity contribution < 1.29 is 14.3 Å². The van der Waals surface area contributed by atoms with Crippen LogP contribution in [0.3, 0.4) is 0 Å². The third-order valence-electron chi connectivity index (χ3n) is 3.62. The minimum absolute atomic E-state index is 0.0359. The molecule has 0 amide bonds. The Morgan fingerprint density at radius 3 is 3.00 bits per heavy atom. The molecular weight excluding hydrogens is 308 g/mol. The number of pyridine rings is 2. The minimum Gasteiger partial charge on any atom is -0.489 e. The highest BCUT2D eigenvalue weighted by atomic mass is 35.5. The number of fused-ring (bicyclic) bond motifs is 2. The Morgan fingerprint density at radius 2 is 2.32 bits per heavy atom. The summed E-state index contributed by atoms with van der Waals surface area (Å²) in [6.07, 6.45) is 1.90. The average molecular weight is 323 g/mol. The van der Waals surface area contributed by atoms with Crippen LogP contribution >= 0.6 is 11.6 Å².